The molecule has 112 valence electrons. The number of aromatic nitrogens is 3. The molecular weight excluding hydrogens is 286 g/mol. The van der Waals surface area contributed by atoms with E-state index in [0.29, 0.717) is 23.0 Å². The maximum absolute atomic E-state index is 11.9. The highest BCUT2D eigenvalue weighted by Gasteiger charge is 2.11. The van der Waals surface area contributed by atoms with Crippen molar-refractivity contribution < 1.29 is 18.6 Å². The first kappa shape index (κ1) is 14.0. The SMILES string of the molecule is Cc1cc(COC(=O)c2ccc(-c3nc(C)no3)cc2)on1. The molecule has 0 bridgehead atoms. The highest BCUT2D eigenvalue weighted by Crippen LogP contribution is 2.18. The Morgan fingerprint density at radius 3 is 2.50 bits per heavy atom. The van der Waals surface area contributed by atoms with Crippen LogP contribution in [0.4, 0.5) is 0 Å². The number of carbonyl (C=O) groups excluding carboxylic acids is 1. The number of carbonyl (C=O) groups is 1. The average Bonchev–Trinajstić information content (AvgIpc) is 3.13. The number of esters is 1. The van der Waals surface area contributed by atoms with Gasteiger partial charge in [-0.15, -0.1) is 0 Å². The molecule has 0 amide bonds. The molecular formula is C15H13N3O4. The molecule has 0 unspecified atom stereocenters. The molecule has 7 nitrogen and oxygen atoms in total. The average molecular weight is 299 g/mol. The Bertz CT molecular complexity index is 789. The Balaban J connectivity index is 1.65. The molecule has 7 heteroatoms. The van der Waals surface area contributed by atoms with Gasteiger partial charge in [0.1, 0.15) is 0 Å². The van der Waals surface area contributed by atoms with Crippen LogP contribution in [0, 0.1) is 13.8 Å². The zero-order valence-corrected chi connectivity index (χ0v) is 12.1. The van der Waals surface area contributed by atoms with Gasteiger partial charge >= 0.3 is 5.97 Å². The van der Waals surface area contributed by atoms with E-state index in [4.69, 9.17) is 13.8 Å². The summed E-state index contributed by atoms with van der Waals surface area (Å²) in [6.07, 6.45) is 0. The molecule has 3 rings (SSSR count). The summed E-state index contributed by atoms with van der Waals surface area (Å²) in [7, 11) is 0. The van der Waals surface area contributed by atoms with Crippen LogP contribution in [0.3, 0.4) is 0 Å². The molecule has 1 aromatic carbocycles. The van der Waals surface area contributed by atoms with E-state index < -0.39 is 5.97 Å². The fourth-order valence-electron chi connectivity index (χ4n) is 1.87. The van der Waals surface area contributed by atoms with Crippen molar-refractivity contribution in [2.45, 2.75) is 20.5 Å². The van der Waals surface area contributed by atoms with Crippen molar-refractivity contribution in [3.63, 3.8) is 0 Å². The second kappa shape index (κ2) is 5.80. The van der Waals surface area contributed by atoms with Crippen LogP contribution in [-0.4, -0.2) is 21.3 Å². The van der Waals surface area contributed by atoms with Gasteiger partial charge in [0.25, 0.3) is 5.89 Å². The first-order valence-electron chi connectivity index (χ1n) is 6.62. The second-order valence-electron chi connectivity index (χ2n) is 4.73. The minimum atomic E-state index is -0.442. The Hall–Kier alpha value is -2.96. The molecule has 0 aliphatic carbocycles. The van der Waals surface area contributed by atoms with Crippen LogP contribution >= 0.6 is 0 Å². The fourth-order valence-corrected chi connectivity index (χ4v) is 1.87. The van der Waals surface area contributed by atoms with Crippen LogP contribution in [0.5, 0.6) is 0 Å². The van der Waals surface area contributed by atoms with Crippen molar-refractivity contribution in [2.75, 3.05) is 0 Å². The van der Waals surface area contributed by atoms with Crippen molar-refractivity contribution in [3.8, 4) is 11.5 Å². The van der Waals surface area contributed by atoms with Crippen molar-refractivity contribution >= 4 is 5.97 Å². The van der Waals surface area contributed by atoms with Crippen LogP contribution in [0.1, 0.15) is 27.6 Å². The zero-order chi connectivity index (χ0) is 15.5. The maximum Gasteiger partial charge on any atom is 0.338 e. The van der Waals surface area contributed by atoms with E-state index in [-0.39, 0.29) is 6.61 Å². The number of benzene rings is 1. The molecule has 0 spiro atoms. The zero-order valence-electron chi connectivity index (χ0n) is 12.1. The maximum atomic E-state index is 11.9. The molecule has 0 N–H and O–H groups in total. The smallest absolute Gasteiger partial charge is 0.338 e. The lowest BCUT2D eigenvalue weighted by Crippen LogP contribution is -2.04. The van der Waals surface area contributed by atoms with Crippen LogP contribution in [-0.2, 0) is 11.3 Å². The predicted octanol–water partition coefficient (Wildman–Crippen LogP) is 2.70. The Morgan fingerprint density at radius 2 is 1.91 bits per heavy atom. The first-order valence-corrected chi connectivity index (χ1v) is 6.62. The minimum absolute atomic E-state index is 0.0459. The third kappa shape index (κ3) is 3.03. The van der Waals surface area contributed by atoms with Gasteiger partial charge in [-0.25, -0.2) is 4.79 Å². The molecule has 0 aliphatic rings. The topological polar surface area (TPSA) is 91.2 Å². The number of nitrogens with zero attached hydrogens (tertiary/aromatic N) is 3. The van der Waals surface area contributed by atoms with Crippen LogP contribution in [0.15, 0.2) is 39.4 Å². The monoisotopic (exact) mass is 299 g/mol. The van der Waals surface area contributed by atoms with E-state index in [1.807, 2.05) is 0 Å². The molecule has 22 heavy (non-hydrogen) atoms. The van der Waals surface area contributed by atoms with Gasteiger partial charge in [-0.05, 0) is 38.1 Å². The van der Waals surface area contributed by atoms with Gasteiger partial charge in [-0.2, -0.15) is 4.98 Å². The largest absolute Gasteiger partial charge is 0.454 e. The van der Waals surface area contributed by atoms with Gasteiger partial charge in [0.2, 0.25) is 0 Å². The van der Waals surface area contributed by atoms with Gasteiger partial charge < -0.3 is 13.8 Å². The van der Waals surface area contributed by atoms with Crippen molar-refractivity contribution in [1.82, 2.24) is 15.3 Å². The quantitative estimate of drug-likeness (QED) is 0.684. The molecule has 3 aromatic rings. The molecule has 0 radical (unpaired) electrons. The van der Waals surface area contributed by atoms with Crippen LogP contribution < -0.4 is 0 Å². The summed E-state index contributed by atoms with van der Waals surface area (Å²) in [6.45, 7) is 3.58. The molecule has 0 fully saturated rings. The van der Waals surface area contributed by atoms with Crippen molar-refractivity contribution in [1.29, 1.82) is 0 Å². The summed E-state index contributed by atoms with van der Waals surface area (Å²) in [5.41, 5.74) is 1.91. The third-order valence-corrected chi connectivity index (χ3v) is 2.92. The lowest BCUT2D eigenvalue weighted by atomic mass is 10.1. The van der Waals surface area contributed by atoms with Gasteiger partial charge in [-0.1, -0.05) is 10.3 Å². The molecule has 2 aromatic heterocycles. The van der Waals surface area contributed by atoms with E-state index in [1.165, 1.54) is 0 Å². The highest BCUT2D eigenvalue weighted by atomic mass is 16.5. The molecule has 0 saturated heterocycles. The van der Waals surface area contributed by atoms with E-state index in [2.05, 4.69) is 15.3 Å². The fraction of sp³-hybridized carbons (Fsp3) is 0.200. The lowest BCUT2D eigenvalue weighted by molar-refractivity contribution is 0.0437. The van der Waals surface area contributed by atoms with Gasteiger partial charge in [-0.3, -0.25) is 0 Å². The second-order valence-corrected chi connectivity index (χ2v) is 4.73. The van der Waals surface area contributed by atoms with Crippen LogP contribution in [0.2, 0.25) is 0 Å². The summed E-state index contributed by atoms with van der Waals surface area (Å²) in [5, 5.41) is 7.45. The molecule has 0 atom stereocenters. The predicted molar refractivity (Wildman–Crippen MR) is 74.8 cm³/mol. The summed E-state index contributed by atoms with van der Waals surface area (Å²) < 4.78 is 15.2. The van der Waals surface area contributed by atoms with Gasteiger partial charge in [0.05, 0.1) is 11.3 Å². The normalized spacial score (nSPS) is 10.6. The standard InChI is InChI=1S/C15H13N3O4/c1-9-7-13(21-17-9)8-20-15(19)12-5-3-11(4-6-12)14-16-10(2)18-22-14/h3-7H,8H2,1-2H3. The molecule has 0 aliphatic heterocycles. The van der Waals surface area contributed by atoms with Crippen molar-refractivity contribution in [2.24, 2.45) is 0 Å². The first-order chi connectivity index (χ1) is 10.6. The lowest BCUT2D eigenvalue weighted by Gasteiger charge is -2.02. The van der Waals surface area contributed by atoms with Crippen LogP contribution in [0.25, 0.3) is 11.5 Å². The summed E-state index contributed by atoms with van der Waals surface area (Å²) in [6, 6.07) is 8.45. The Kier molecular flexibility index (Phi) is 3.69. The highest BCUT2D eigenvalue weighted by molar-refractivity contribution is 5.89. The summed E-state index contributed by atoms with van der Waals surface area (Å²) in [5.74, 6) is 1.03. The Morgan fingerprint density at radius 1 is 1.14 bits per heavy atom. The molecule has 0 saturated carbocycles. The van der Waals surface area contributed by atoms with E-state index in [0.717, 1.165) is 11.3 Å². The summed E-state index contributed by atoms with van der Waals surface area (Å²) >= 11 is 0. The Labute approximate surface area is 125 Å². The van der Waals surface area contributed by atoms with Crippen molar-refractivity contribution in [3.05, 3.63) is 53.2 Å². The van der Waals surface area contributed by atoms with E-state index in [1.54, 1.807) is 44.2 Å². The van der Waals surface area contributed by atoms with E-state index in [9.17, 15) is 4.79 Å². The van der Waals surface area contributed by atoms with Gasteiger partial charge in [0, 0.05) is 11.6 Å². The number of aryl methyl sites for hydroxylation is 2. The molecule has 2 heterocycles. The van der Waals surface area contributed by atoms with E-state index >= 15 is 0 Å². The summed E-state index contributed by atoms with van der Waals surface area (Å²) in [4.78, 5) is 16.1. The van der Waals surface area contributed by atoms with Gasteiger partial charge in [0.15, 0.2) is 18.2 Å². The number of ether oxygens (including phenoxy) is 1. The number of rotatable bonds is 4. The number of hydrogen-bond acceptors (Lipinski definition) is 7. The number of hydrogen-bond donors (Lipinski definition) is 0. The minimum Gasteiger partial charge on any atom is -0.454 e. The third-order valence-electron chi connectivity index (χ3n) is 2.92.